The van der Waals surface area contributed by atoms with Crippen LogP contribution in [0.5, 0.6) is 0 Å². The van der Waals surface area contributed by atoms with E-state index in [1.165, 1.54) is 51.4 Å². The van der Waals surface area contributed by atoms with Crippen molar-refractivity contribution in [2.24, 2.45) is 11.3 Å². The minimum atomic E-state index is 0.0509. The van der Waals surface area contributed by atoms with E-state index in [-0.39, 0.29) is 11.9 Å². The lowest BCUT2D eigenvalue weighted by Crippen LogP contribution is -2.47. The van der Waals surface area contributed by atoms with Crippen LogP contribution in [0.4, 0.5) is 0 Å². The number of rotatable bonds is 5. The van der Waals surface area contributed by atoms with E-state index in [1.807, 2.05) is 0 Å². The molecule has 0 bridgehead atoms. The molecule has 1 atom stereocenters. The number of hydrogen-bond acceptors (Lipinski definition) is 2. The van der Waals surface area contributed by atoms with E-state index in [9.17, 15) is 4.79 Å². The van der Waals surface area contributed by atoms with E-state index in [0.29, 0.717) is 5.41 Å². The monoisotopic (exact) mass is 280 g/mol. The van der Waals surface area contributed by atoms with Crippen LogP contribution in [0.1, 0.15) is 71.6 Å². The second-order valence-corrected chi connectivity index (χ2v) is 7.38. The summed E-state index contributed by atoms with van der Waals surface area (Å²) in [6.07, 6.45) is 11.2. The molecule has 0 radical (unpaired) electrons. The Labute approximate surface area is 124 Å². The number of carbonyl (C=O) groups is 1. The average Bonchev–Trinajstić information content (AvgIpc) is 2.69. The lowest BCUT2D eigenvalue weighted by Gasteiger charge is -2.32. The smallest absolute Gasteiger partial charge is 0.237 e. The van der Waals surface area contributed by atoms with Crippen molar-refractivity contribution >= 4 is 5.91 Å². The normalized spacial score (nSPS) is 26.4. The van der Waals surface area contributed by atoms with E-state index in [0.717, 1.165) is 25.4 Å². The van der Waals surface area contributed by atoms with Crippen molar-refractivity contribution in [2.75, 3.05) is 13.1 Å². The highest BCUT2D eigenvalue weighted by molar-refractivity contribution is 5.81. The minimum absolute atomic E-state index is 0.0509. The number of carbonyl (C=O) groups excluding carboxylic acids is 1. The molecule has 1 aliphatic carbocycles. The van der Waals surface area contributed by atoms with Crippen molar-refractivity contribution in [1.82, 2.24) is 10.6 Å². The maximum absolute atomic E-state index is 12.4. The van der Waals surface area contributed by atoms with Crippen molar-refractivity contribution in [1.29, 1.82) is 0 Å². The highest BCUT2D eigenvalue weighted by atomic mass is 16.2. The minimum Gasteiger partial charge on any atom is -0.354 e. The van der Waals surface area contributed by atoms with Gasteiger partial charge in [-0.25, -0.2) is 0 Å². The van der Waals surface area contributed by atoms with E-state index < -0.39 is 0 Å². The predicted molar refractivity (Wildman–Crippen MR) is 83.6 cm³/mol. The van der Waals surface area contributed by atoms with Crippen LogP contribution < -0.4 is 10.6 Å². The SMILES string of the molecule is CC(C)CC1(CNC(=O)C2CCCCCN2)CCCC1. The lowest BCUT2D eigenvalue weighted by atomic mass is 9.78. The van der Waals surface area contributed by atoms with Crippen molar-refractivity contribution in [3.8, 4) is 0 Å². The van der Waals surface area contributed by atoms with Crippen LogP contribution in [0.15, 0.2) is 0 Å². The van der Waals surface area contributed by atoms with Gasteiger partial charge in [0.25, 0.3) is 0 Å². The molecule has 2 aliphatic rings. The maximum Gasteiger partial charge on any atom is 0.237 e. The summed E-state index contributed by atoms with van der Waals surface area (Å²) in [5, 5.41) is 6.66. The first-order valence-electron chi connectivity index (χ1n) is 8.62. The van der Waals surface area contributed by atoms with Gasteiger partial charge < -0.3 is 10.6 Å². The van der Waals surface area contributed by atoms with Gasteiger partial charge in [0.2, 0.25) is 5.91 Å². The number of amides is 1. The Kier molecular flexibility index (Phi) is 5.88. The summed E-state index contributed by atoms with van der Waals surface area (Å²) in [6.45, 7) is 6.49. The highest BCUT2D eigenvalue weighted by Crippen LogP contribution is 2.42. The van der Waals surface area contributed by atoms with Gasteiger partial charge in [-0.15, -0.1) is 0 Å². The van der Waals surface area contributed by atoms with Crippen molar-refractivity contribution < 1.29 is 4.79 Å². The van der Waals surface area contributed by atoms with Crippen LogP contribution in [0.2, 0.25) is 0 Å². The summed E-state index contributed by atoms with van der Waals surface area (Å²) in [4.78, 5) is 12.4. The van der Waals surface area contributed by atoms with Gasteiger partial charge in [-0.1, -0.05) is 39.5 Å². The third-order valence-corrected chi connectivity index (χ3v) is 5.02. The quantitative estimate of drug-likeness (QED) is 0.811. The molecule has 0 spiro atoms. The first-order valence-corrected chi connectivity index (χ1v) is 8.62. The fraction of sp³-hybridized carbons (Fsp3) is 0.941. The Morgan fingerprint density at radius 1 is 1.20 bits per heavy atom. The first kappa shape index (κ1) is 15.8. The molecule has 1 unspecified atom stereocenters. The second-order valence-electron chi connectivity index (χ2n) is 7.38. The highest BCUT2D eigenvalue weighted by Gasteiger charge is 2.35. The molecule has 0 aromatic carbocycles. The molecule has 1 amide bonds. The Balaban J connectivity index is 1.83. The van der Waals surface area contributed by atoms with Crippen molar-refractivity contribution in [2.45, 2.75) is 77.7 Å². The van der Waals surface area contributed by atoms with Crippen LogP contribution in [0.3, 0.4) is 0 Å². The largest absolute Gasteiger partial charge is 0.354 e. The molecule has 2 rings (SSSR count). The molecule has 0 aromatic heterocycles. The van der Waals surface area contributed by atoms with Gasteiger partial charge in [0.05, 0.1) is 6.04 Å². The van der Waals surface area contributed by atoms with Crippen LogP contribution >= 0.6 is 0 Å². The third kappa shape index (κ3) is 4.47. The Hall–Kier alpha value is -0.570. The van der Waals surface area contributed by atoms with Crippen molar-refractivity contribution in [3.05, 3.63) is 0 Å². The van der Waals surface area contributed by atoms with Gasteiger partial charge in [0.15, 0.2) is 0 Å². The van der Waals surface area contributed by atoms with E-state index in [4.69, 9.17) is 0 Å². The fourth-order valence-corrected chi connectivity index (χ4v) is 4.09. The average molecular weight is 280 g/mol. The number of nitrogens with one attached hydrogen (secondary N) is 2. The molecule has 1 heterocycles. The summed E-state index contributed by atoms with van der Waals surface area (Å²) < 4.78 is 0. The molecular weight excluding hydrogens is 248 g/mol. The van der Waals surface area contributed by atoms with Gasteiger partial charge in [-0.05, 0) is 50.0 Å². The van der Waals surface area contributed by atoms with Crippen LogP contribution in [-0.2, 0) is 4.79 Å². The predicted octanol–water partition coefficient (Wildman–Crippen LogP) is 3.24. The zero-order chi connectivity index (χ0) is 14.4. The molecule has 20 heavy (non-hydrogen) atoms. The van der Waals surface area contributed by atoms with Gasteiger partial charge in [0.1, 0.15) is 0 Å². The zero-order valence-electron chi connectivity index (χ0n) is 13.3. The topological polar surface area (TPSA) is 41.1 Å². The molecule has 116 valence electrons. The summed E-state index contributed by atoms with van der Waals surface area (Å²) >= 11 is 0. The molecule has 2 fully saturated rings. The Morgan fingerprint density at radius 3 is 2.65 bits per heavy atom. The van der Waals surface area contributed by atoms with Gasteiger partial charge in [-0.3, -0.25) is 4.79 Å². The molecule has 0 aromatic rings. The van der Waals surface area contributed by atoms with Crippen LogP contribution in [0.25, 0.3) is 0 Å². The molecule has 1 saturated heterocycles. The fourth-order valence-electron chi connectivity index (χ4n) is 4.09. The summed E-state index contributed by atoms with van der Waals surface area (Å²) in [5.41, 5.74) is 0.383. The van der Waals surface area contributed by atoms with E-state index in [2.05, 4.69) is 24.5 Å². The van der Waals surface area contributed by atoms with Crippen LogP contribution in [0, 0.1) is 11.3 Å². The van der Waals surface area contributed by atoms with E-state index >= 15 is 0 Å². The molecule has 1 saturated carbocycles. The molecule has 1 aliphatic heterocycles. The first-order chi connectivity index (χ1) is 9.61. The summed E-state index contributed by atoms with van der Waals surface area (Å²) in [7, 11) is 0. The zero-order valence-corrected chi connectivity index (χ0v) is 13.3. The summed E-state index contributed by atoms with van der Waals surface area (Å²) in [6, 6.07) is 0.0509. The van der Waals surface area contributed by atoms with E-state index in [1.54, 1.807) is 0 Å². The third-order valence-electron chi connectivity index (χ3n) is 5.02. The maximum atomic E-state index is 12.4. The van der Waals surface area contributed by atoms with Gasteiger partial charge >= 0.3 is 0 Å². The molecule has 3 nitrogen and oxygen atoms in total. The molecule has 3 heteroatoms. The Bertz CT molecular complexity index is 300. The molecule has 2 N–H and O–H groups in total. The molecular formula is C17H32N2O. The lowest BCUT2D eigenvalue weighted by molar-refractivity contribution is -0.123. The van der Waals surface area contributed by atoms with Crippen molar-refractivity contribution in [3.63, 3.8) is 0 Å². The van der Waals surface area contributed by atoms with Crippen LogP contribution in [-0.4, -0.2) is 25.0 Å². The Morgan fingerprint density at radius 2 is 1.95 bits per heavy atom. The van der Waals surface area contributed by atoms with Gasteiger partial charge in [0, 0.05) is 6.54 Å². The standard InChI is InChI=1S/C17H32N2O/c1-14(2)12-17(9-5-6-10-17)13-19-16(20)15-8-4-3-7-11-18-15/h14-15,18H,3-13H2,1-2H3,(H,19,20). The second kappa shape index (κ2) is 7.44. The van der Waals surface area contributed by atoms with Gasteiger partial charge in [-0.2, -0.15) is 0 Å². The number of hydrogen-bond donors (Lipinski definition) is 2. The summed E-state index contributed by atoms with van der Waals surface area (Å²) in [5.74, 6) is 0.961.